The van der Waals surface area contributed by atoms with Gasteiger partial charge in [0.2, 0.25) is 0 Å². The second kappa shape index (κ2) is 6.25. The third kappa shape index (κ3) is 3.73. The molecule has 0 aliphatic rings. The van der Waals surface area contributed by atoms with Crippen molar-refractivity contribution in [2.45, 2.75) is 13.5 Å². The Morgan fingerprint density at radius 1 is 1.16 bits per heavy atom. The lowest BCUT2D eigenvalue weighted by Crippen LogP contribution is -2.10. The molecular weight excluding hydrogens is 243 g/mol. The normalized spacial score (nSPS) is 10.4. The Morgan fingerprint density at radius 3 is 2.58 bits per heavy atom. The molecule has 98 valence electrons. The number of carbonyl (C=O) groups is 1. The van der Waals surface area contributed by atoms with Crippen LogP contribution in [0.15, 0.2) is 48.5 Å². The minimum atomic E-state index is -0.334. The number of aryl methyl sites for hydroxylation is 1. The van der Waals surface area contributed by atoms with Crippen LogP contribution in [0.4, 0.5) is 4.39 Å². The van der Waals surface area contributed by atoms with E-state index in [0.717, 1.165) is 5.56 Å². The molecule has 3 heteroatoms. The van der Waals surface area contributed by atoms with Gasteiger partial charge in [0.1, 0.15) is 12.4 Å². The molecule has 0 spiro atoms. The Bertz CT molecular complexity index is 564. The molecular formula is C16H15FO2. The van der Waals surface area contributed by atoms with Crippen LogP contribution < -0.4 is 0 Å². The molecule has 0 atom stereocenters. The van der Waals surface area contributed by atoms with Gasteiger partial charge in [0.15, 0.2) is 5.78 Å². The summed E-state index contributed by atoms with van der Waals surface area (Å²) in [5, 5.41) is 0. The van der Waals surface area contributed by atoms with Gasteiger partial charge in [0, 0.05) is 5.56 Å². The van der Waals surface area contributed by atoms with Crippen LogP contribution in [0, 0.1) is 12.7 Å². The number of carbonyl (C=O) groups excluding carboxylic acids is 1. The molecule has 2 nitrogen and oxygen atoms in total. The molecule has 0 saturated carbocycles. The van der Waals surface area contributed by atoms with Crippen LogP contribution in [0.3, 0.4) is 0 Å². The minimum absolute atomic E-state index is 0.00136. The maximum Gasteiger partial charge on any atom is 0.188 e. The molecule has 0 unspecified atom stereocenters. The third-order valence-electron chi connectivity index (χ3n) is 2.83. The van der Waals surface area contributed by atoms with Crippen LogP contribution in [0.5, 0.6) is 0 Å². The predicted molar refractivity (Wildman–Crippen MR) is 71.6 cm³/mol. The summed E-state index contributed by atoms with van der Waals surface area (Å²) >= 11 is 0. The summed E-state index contributed by atoms with van der Waals surface area (Å²) in [6.45, 7) is 2.11. The summed E-state index contributed by atoms with van der Waals surface area (Å²) in [4.78, 5) is 11.9. The maximum absolute atomic E-state index is 12.9. The molecule has 19 heavy (non-hydrogen) atoms. The number of halogens is 1. The molecule has 0 aliphatic carbocycles. The van der Waals surface area contributed by atoms with Crippen LogP contribution in [-0.2, 0) is 11.3 Å². The predicted octanol–water partition coefficient (Wildman–Crippen LogP) is 3.53. The van der Waals surface area contributed by atoms with Gasteiger partial charge in [-0.05, 0) is 36.2 Å². The number of ether oxygens (including phenoxy) is 1. The Morgan fingerprint density at radius 2 is 1.89 bits per heavy atom. The number of rotatable bonds is 5. The van der Waals surface area contributed by atoms with Crippen molar-refractivity contribution in [2.75, 3.05) is 6.61 Å². The second-order valence-electron chi connectivity index (χ2n) is 4.36. The average Bonchev–Trinajstić information content (AvgIpc) is 2.39. The largest absolute Gasteiger partial charge is 0.369 e. The SMILES string of the molecule is Cc1cc(F)ccc1C(=O)COCc1ccccc1. The average molecular weight is 258 g/mol. The van der Waals surface area contributed by atoms with Gasteiger partial charge in [-0.15, -0.1) is 0 Å². The van der Waals surface area contributed by atoms with Gasteiger partial charge in [-0.3, -0.25) is 4.79 Å². The summed E-state index contributed by atoms with van der Waals surface area (Å²) in [5.74, 6) is -0.465. The van der Waals surface area contributed by atoms with Crippen molar-refractivity contribution in [3.8, 4) is 0 Å². The van der Waals surface area contributed by atoms with Crippen molar-refractivity contribution < 1.29 is 13.9 Å². The van der Waals surface area contributed by atoms with Crippen LogP contribution in [0.25, 0.3) is 0 Å². The molecule has 2 aromatic carbocycles. The highest BCUT2D eigenvalue weighted by atomic mass is 19.1. The molecule has 0 heterocycles. The lowest BCUT2D eigenvalue weighted by Gasteiger charge is -2.06. The fourth-order valence-corrected chi connectivity index (χ4v) is 1.85. The Hall–Kier alpha value is -2.00. The van der Waals surface area contributed by atoms with Crippen molar-refractivity contribution in [2.24, 2.45) is 0 Å². The van der Waals surface area contributed by atoms with E-state index in [1.54, 1.807) is 6.92 Å². The Kier molecular flexibility index (Phi) is 4.42. The number of ketones is 1. The molecule has 0 aromatic heterocycles. The number of hydrogen-bond donors (Lipinski definition) is 0. The zero-order valence-electron chi connectivity index (χ0n) is 10.7. The smallest absolute Gasteiger partial charge is 0.188 e. The quantitative estimate of drug-likeness (QED) is 0.767. The molecule has 2 rings (SSSR count). The van der Waals surface area contributed by atoms with E-state index >= 15 is 0 Å². The molecule has 0 fully saturated rings. The molecule has 2 aromatic rings. The molecule has 0 radical (unpaired) electrons. The first-order chi connectivity index (χ1) is 9.16. The van der Waals surface area contributed by atoms with Gasteiger partial charge in [-0.1, -0.05) is 30.3 Å². The molecule has 0 amide bonds. The minimum Gasteiger partial charge on any atom is -0.369 e. The van der Waals surface area contributed by atoms with E-state index in [0.29, 0.717) is 17.7 Å². The van der Waals surface area contributed by atoms with Gasteiger partial charge in [0.25, 0.3) is 0 Å². The van der Waals surface area contributed by atoms with Crippen LogP contribution in [0.2, 0.25) is 0 Å². The van der Waals surface area contributed by atoms with Crippen molar-refractivity contribution in [1.29, 1.82) is 0 Å². The molecule has 0 saturated heterocycles. The van der Waals surface area contributed by atoms with Crippen LogP contribution in [-0.4, -0.2) is 12.4 Å². The van der Waals surface area contributed by atoms with E-state index in [9.17, 15) is 9.18 Å². The fraction of sp³-hybridized carbons (Fsp3) is 0.188. The van der Waals surface area contributed by atoms with Crippen LogP contribution >= 0.6 is 0 Å². The van der Waals surface area contributed by atoms with Crippen molar-refractivity contribution in [3.05, 3.63) is 71.0 Å². The van der Waals surface area contributed by atoms with Gasteiger partial charge >= 0.3 is 0 Å². The molecule has 0 bridgehead atoms. The summed E-state index contributed by atoms with van der Waals surface area (Å²) in [7, 11) is 0. The number of Topliss-reactive ketones (excluding diaryl/α,β-unsaturated/α-hetero) is 1. The summed E-state index contributed by atoms with van der Waals surface area (Å²) in [6, 6.07) is 13.8. The molecule has 0 N–H and O–H groups in total. The Balaban J connectivity index is 1.91. The lowest BCUT2D eigenvalue weighted by molar-refractivity contribution is 0.0726. The van der Waals surface area contributed by atoms with E-state index < -0.39 is 0 Å². The Labute approximate surface area is 111 Å². The highest BCUT2D eigenvalue weighted by molar-refractivity contribution is 5.98. The van der Waals surface area contributed by atoms with Gasteiger partial charge in [-0.2, -0.15) is 0 Å². The zero-order chi connectivity index (χ0) is 13.7. The lowest BCUT2D eigenvalue weighted by atomic mass is 10.1. The van der Waals surface area contributed by atoms with E-state index in [1.165, 1.54) is 18.2 Å². The van der Waals surface area contributed by atoms with E-state index in [4.69, 9.17) is 4.74 Å². The first-order valence-electron chi connectivity index (χ1n) is 6.08. The summed E-state index contributed by atoms with van der Waals surface area (Å²) in [6.07, 6.45) is 0. The van der Waals surface area contributed by atoms with Crippen molar-refractivity contribution in [1.82, 2.24) is 0 Å². The zero-order valence-corrected chi connectivity index (χ0v) is 10.7. The summed E-state index contributed by atoms with van der Waals surface area (Å²) < 4.78 is 18.3. The number of benzene rings is 2. The first-order valence-corrected chi connectivity index (χ1v) is 6.08. The molecule has 0 aliphatic heterocycles. The van der Waals surface area contributed by atoms with Crippen molar-refractivity contribution >= 4 is 5.78 Å². The summed E-state index contributed by atoms with van der Waals surface area (Å²) in [5.41, 5.74) is 2.16. The number of hydrogen-bond acceptors (Lipinski definition) is 2. The monoisotopic (exact) mass is 258 g/mol. The van der Waals surface area contributed by atoms with Crippen LogP contribution in [0.1, 0.15) is 21.5 Å². The highest BCUT2D eigenvalue weighted by Gasteiger charge is 2.09. The third-order valence-corrected chi connectivity index (χ3v) is 2.83. The highest BCUT2D eigenvalue weighted by Crippen LogP contribution is 2.11. The fourth-order valence-electron chi connectivity index (χ4n) is 1.85. The first kappa shape index (κ1) is 13.4. The van der Waals surface area contributed by atoms with E-state index in [2.05, 4.69) is 0 Å². The standard InChI is InChI=1S/C16H15FO2/c1-12-9-14(17)7-8-15(12)16(18)11-19-10-13-5-3-2-4-6-13/h2-9H,10-11H2,1H3. The van der Waals surface area contributed by atoms with E-state index in [1.807, 2.05) is 30.3 Å². The topological polar surface area (TPSA) is 26.3 Å². The van der Waals surface area contributed by atoms with Gasteiger partial charge in [0.05, 0.1) is 6.61 Å². The van der Waals surface area contributed by atoms with Crippen molar-refractivity contribution in [3.63, 3.8) is 0 Å². The van der Waals surface area contributed by atoms with E-state index in [-0.39, 0.29) is 18.2 Å². The van der Waals surface area contributed by atoms with Gasteiger partial charge < -0.3 is 4.74 Å². The van der Waals surface area contributed by atoms with Gasteiger partial charge in [-0.25, -0.2) is 4.39 Å². The maximum atomic E-state index is 12.9. The second-order valence-corrected chi connectivity index (χ2v) is 4.36.